The zero-order chi connectivity index (χ0) is 20.0. The quantitative estimate of drug-likeness (QED) is 0.713. The van der Waals surface area contributed by atoms with Crippen molar-refractivity contribution >= 4 is 46.7 Å². The average Bonchev–Trinajstić information content (AvgIpc) is 2.65. The summed E-state index contributed by atoms with van der Waals surface area (Å²) in [6.07, 6.45) is -1.09. The van der Waals surface area contributed by atoms with Gasteiger partial charge in [0.15, 0.2) is 6.10 Å². The summed E-state index contributed by atoms with van der Waals surface area (Å²) in [4.78, 5) is 36.4. The summed E-state index contributed by atoms with van der Waals surface area (Å²) in [5, 5.41) is 5.76. The van der Waals surface area contributed by atoms with Crippen molar-refractivity contribution in [3.63, 3.8) is 0 Å². The van der Waals surface area contributed by atoms with Crippen LogP contribution in [0.15, 0.2) is 48.5 Å². The average molecular weight is 409 g/mol. The number of ether oxygens (including phenoxy) is 1. The predicted molar refractivity (Wildman–Crippen MR) is 104 cm³/mol. The molecule has 0 aromatic heterocycles. The summed E-state index contributed by atoms with van der Waals surface area (Å²) in [7, 11) is 0. The van der Waals surface area contributed by atoms with Crippen LogP contribution in [0.3, 0.4) is 0 Å². The minimum absolute atomic E-state index is 0.301. The number of halogens is 2. The van der Waals surface area contributed by atoms with Gasteiger partial charge in [0.05, 0.1) is 10.7 Å². The van der Waals surface area contributed by atoms with E-state index in [2.05, 4.69) is 10.6 Å². The fraction of sp³-hybridized carbons (Fsp3) is 0.211. The van der Waals surface area contributed by atoms with Gasteiger partial charge in [0.1, 0.15) is 6.04 Å². The number of esters is 1. The highest BCUT2D eigenvalue weighted by molar-refractivity contribution is 6.35. The highest BCUT2D eigenvalue weighted by Gasteiger charge is 2.24. The number of nitrogens with one attached hydrogen (secondary N) is 2. The number of amides is 2. The van der Waals surface area contributed by atoms with Gasteiger partial charge in [-0.15, -0.1) is 0 Å². The lowest BCUT2D eigenvalue weighted by Gasteiger charge is -2.18. The van der Waals surface area contributed by atoms with Gasteiger partial charge >= 0.3 is 5.97 Å². The molecule has 8 heteroatoms. The molecule has 0 unspecified atom stereocenters. The minimum Gasteiger partial charge on any atom is -0.451 e. The molecule has 6 nitrogen and oxygen atoms in total. The van der Waals surface area contributed by atoms with Crippen LogP contribution in [0.25, 0.3) is 0 Å². The van der Waals surface area contributed by atoms with Crippen molar-refractivity contribution < 1.29 is 19.1 Å². The van der Waals surface area contributed by atoms with E-state index < -0.39 is 29.9 Å². The summed E-state index contributed by atoms with van der Waals surface area (Å²) in [6, 6.07) is 12.1. The molecule has 0 aliphatic carbocycles. The maximum absolute atomic E-state index is 12.2. The Morgan fingerprint density at radius 1 is 1.00 bits per heavy atom. The number of anilines is 1. The molecule has 0 spiro atoms. The fourth-order valence-electron chi connectivity index (χ4n) is 2.09. The molecule has 0 bridgehead atoms. The van der Waals surface area contributed by atoms with Gasteiger partial charge in [0.2, 0.25) is 0 Å². The molecule has 0 aliphatic heterocycles. The largest absolute Gasteiger partial charge is 0.451 e. The third kappa shape index (κ3) is 5.98. The molecule has 2 aromatic rings. The molecule has 142 valence electrons. The molecule has 2 rings (SSSR count). The third-order valence-electron chi connectivity index (χ3n) is 3.59. The van der Waals surface area contributed by atoms with E-state index in [4.69, 9.17) is 27.9 Å². The topological polar surface area (TPSA) is 84.5 Å². The van der Waals surface area contributed by atoms with Crippen LogP contribution in [0.5, 0.6) is 0 Å². The van der Waals surface area contributed by atoms with E-state index in [0.717, 1.165) is 0 Å². The summed E-state index contributed by atoms with van der Waals surface area (Å²) in [5.74, 6) is -1.73. The second kappa shape index (κ2) is 9.39. The van der Waals surface area contributed by atoms with E-state index >= 15 is 0 Å². The second-order valence-corrected chi connectivity index (χ2v) is 6.60. The van der Waals surface area contributed by atoms with Crippen molar-refractivity contribution in [1.82, 2.24) is 5.32 Å². The van der Waals surface area contributed by atoms with Crippen molar-refractivity contribution in [3.05, 3.63) is 64.1 Å². The molecule has 2 N–H and O–H groups in total. The van der Waals surface area contributed by atoms with Gasteiger partial charge in [0.25, 0.3) is 11.8 Å². The molecular weight excluding hydrogens is 391 g/mol. The fourth-order valence-corrected chi connectivity index (χ4v) is 2.42. The van der Waals surface area contributed by atoms with E-state index in [9.17, 15) is 14.4 Å². The first-order valence-electron chi connectivity index (χ1n) is 8.10. The Labute approximate surface area is 166 Å². The SMILES string of the molecule is C[C@H](NC(=O)c1ccccc1)C(=O)O[C@@H](C)C(=O)Nc1cc(Cl)ccc1Cl. The number of carbonyl (C=O) groups is 3. The lowest BCUT2D eigenvalue weighted by atomic mass is 10.2. The van der Waals surface area contributed by atoms with Crippen LogP contribution < -0.4 is 10.6 Å². The molecule has 0 radical (unpaired) electrons. The lowest BCUT2D eigenvalue weighted by Crippen LogP contribution is -2.42. The van der Waals surface area contributed by atoms with Gasteiger partial charge in [-0.05, 0) is 44.2 Å². The summed E-state index contributed by atoms with van der Waals surface area (Å²) in [5.41, 5.74) is 0.723. The monoisotopic (exact) mass is 408 g/mol. The molecule has 0 saturated heterocycles. The van der Waals surface area contributed by atoms with Gasteiger partial charge in [-0.1, -0.05) is 41.4 Å². The van der Waals surface area contributed by atoms with Gasteiger partial charge in [-0.3, -0.25) is 9.59 Å². The van der Waals surface area contributed by atoms with E-state index in [1.54, 1.807) is 36.4 Å². The Balaban J connectivity index is 1.91. The van der Waals surface area contributed by atoms with Crippen LogP contribution >= 0.6 is 23.2 Å². The standard InChI is InChI=1S/C19H18Cl2N2O4/c1-11(22-18(25)13-6-4-3-5-7-13)19(26)27-12(2)17(24)23-16-10-14(20)8-9-15(16)21/h3-12H,1-2H3,(H,22,25)(H,23,24)/t11-,12-/m0/s1. The van der Waals surface area contributed by atoms with Crippen molar-refractivity contribution in [2.75, 3.05) is 5.32 Å². The summed E-state index contributed by atoms with van der Waals surface area (Å²) >= 11 is 11.9. The van der Waals surface area contributed by atoms with Gasteiger partial charge in [-0.25, -0.2) is 4.79 Å². The summed E-state index contributed by atoms with van der Waals surface area (Å²) < 4.78 is 5.11. The number of carbonyl (C=O) groups excluding carboxylic acids is 3. The highest BCUT2D eigenvalue weighted by atomic mass is 35.5. The lowest BCUT2D eigenvalue weighted by molar-refractivity contribution is -0.154. The van der Waals surface area contributed by atoms with E-state index in [0.29, 0.717) is 21.3 Å². The van der Waals surface area contributed by atoms with Crippen LogP contribution in [0, 0.1) is 0 Å². The van der Waals surface area contributed by atoms with Crippen molar-refractivity contribution in [2.45, 2.75) is 26.0 Å². The van der Waals surface area contributed by atoms with Crippen LogP contribution in [-0.4, -0.2) is 29.9 Å². The zero-order valence-electron chi connectivity index (χ0n) is 14.7. The van der Waals surface area contributed by atoms with Gasteiger partial charge in [-0.2, -0.15) is 0 Å². The Bertz CT molecular complexity index is 843. The van der Waals surface area contributed by atoms with Crippen LogP contribution in [0.1, 0.15) is 24.2 Å². The molecular formula is C19H18Cl2N2O4. The number of hydrogen-bond donors (Lipinski definition) is 2. The molecule has 2 amide bonds. The highest BCUT2D eigenvalue weighted by Crippen LogP contribution is 2.25. The smallest absolute Gasteiger partial charge is 0.329 e. The third-order valence-corrected chi connectivity index (χ3v) is 4.15. The number of hydrogen-bond acceptors (Lipinski definition) is 4. The minimum atomic E-state index is -1.09. The summed E-state index contributed by atoms with van der Waals surface area (Å²) in [6.45, 7) is 2.89. The Hall–Kier alpha value is -2.57. The molecule has 0 saturated carbocycles. The first kappa shape index (κ1) is 20.7. The molecule has 0 heterocycles. The maximum Gasteiger partial charge on any atom is 0.329 e. The Morgan fingerprint density at radius 2 is 1.67 bits per heavy atom. The maximum atomic E-state index is 12.2. The van der Waals surface area contributed by atoms with Crippen LogP contribution in [0.4, 0.5) is 5.69 Å². The van der Waals surface area contributed by atoms with E-state index in [1.165, 1.54) is 26.0 Å². The number of rotatable bonds is 6. The van der Waals surface area contributed by atoms with Gasteiger partial charge < -0.3 is 15.4 Å². The van der Waals surface area contributed by atoms with Crippen molar-refractivity contribution in [1.29, 1.82) is 0 Å². The molecule has 2 aromatic carbocycles. The first-order chi connectivity index (χ1) is 12.8. The van der Waals surface area contributed by atoms with Crippen molar-refractivity contribution in [2.24, 2.45) is 0 Å². The van der Waals surface area contributed by atoms with Crippen LogP contribution in [0.2, 0.25) is 10.0 Å². The molecule has 0 aliphatic rings. The molecule has 27 heavy (non-hydrogen) atoms. The second-order valence-electron chi connectivity index (χ2n) is 5.75. The van der Waals surface area contributed by atoms with Gasteiger partial charge in [0, 0.05) is 10.6 Å². The first-order valence-corrected chi connectivity index (χ1v) is 8.86. The normalized spacial score (nSPS) is 12.6. The molecule has 2 atom stereocenters. The zero-order valence-corrected chi connectivity index (χ0v) is 16.2. The predicted octanol–water partition coefficient (Wildman–Crippen LogP) is 3.68. The van der Waals surface area contributed by atoms with E-state index in [1.807, 2.05) is 0 Å². The Morgan fingerprint density at radius 3 is 2.33 bits per heavy atom. The Kier molecular flexibility index (Phi) is 7.21. The van der Waals surface area contributed by atoms with Crippen LogP contribution in [-0.2, 0) is 14.3 Å². The van der Waals surface area contributed by atoms with E-state index in [-0.39, 0.29) is 0 Å². The number of benzene rings is 2. The van der Waals surface area contributed by atoms with Crippen molar-refractivity contribution in [3.8, 4) is 0 Å². The molecule has 0 fully saturated rings.